The van der Waals surface area contributed by atoms with E-state index >= 15 is 0 Å². The molecule has 0 amide bonds. The van der Waals surface area contributed by atoms with Crippen molar-refractivity contribution in [2.75, 3.05) is 32.7 Å². The van der Waals surface area contributed by atoms with Crippen LogP contribution in [0.1, 0.15) is 45.9 Å². The second-order valence-electron chi connectivity index (χ2n) is 5.33. The van der Waals surface area contributed by atoms with Crippen molar-refractivity contribution in [3.8, 4) is 0 Å². The third-order valence-electron chi connectivity index (χ3n) is 3.95. The lowest BCUT2D eigenvalue weighted by atomic mass is 10.1. The Kier molecular flexibility index (Phi) is 7.88. The van der Waals surface area contributed by atoms with Gasteiger partial charge in [-0.1, -0.05) is 20.8 Å². The van der Waals surface area contributed by atoms with Crippen molar-refractivity contribution < 1.29 is 4.42 Å². The summed E-state index contributed by atoms with van der Waals surface area (Å²) >= 11 is 0. The maximum atomic E-state index is 6.18. The van der Waals surface area contributed by atoms with Gasteiger partial charge in [-0.25, -0.2) is 0 Å². The van der Waals surface area contributed by atoms with Crippen LogP contribution >= 0.6 is 0 Å². The largest absolute Gasteiger partial charge is 0.468 e. The van der Waals surface area contributed by atoms with Crippen molar-refractivity contribution in [1.29, 1.82) is 0 Å². The molecular formula is C16H31N3O. The van der Waals surface area contributed by atoms with E-state index in [9.17, 15) is 0 Å². The predicted molar refractivity (Wildman–Crippen MR) is 84.8 cm³/mol. The average Bonchev–Trinajstić information content (AvgIpc) is 2.95. The Balaban J connectivity index is 2.58. The summed E-state index contributed by atoms with van der Waals surface area (Å²) in [5.41, 5.74) is 6.18. The summed E-state index contributed by atoms with van der Waals surface area (Å²) in [5.74, 6) is 0.977. The van der Waals surface area contributed by atoms with E-state index < -0.39 is 0 Å². The molecule has 2 atom stereocenters. The Morgan fingerprint density at radius 1 is 1.15 bits per heavy atom. The molecule has 0 aliphatic rings. The van der Waals surface area contributed by atoms with Crippen LogP contribution < -0.4 is 5.73 Å². The van der Waals surface area contributed by atoms with Crippen molar-refractivity contribution in [1.82, 2.24) is 9.80 Å². The highest BCUT2D eigenvalue weighted by molar-refractivity contribution is 5.07. The number of hydrogen-bond acceptors (Lipinski definition) is 4. The zero-order chi connectivity index (χ0) is 15.0. The Labute approximate surface area is 123 Å². The van der Waals surface area contributed by atoms with Gasteiger partial charge in [0.1, 0.15) is 5.76 Å². The minimum Gasteiger partial charge on any atom is -0.468 e. The first-order valence-electron chi connectivity index (χ1n) is 7.89. The molecular weight excluding hydrogens is 250 g/mol. The topological polar surface area (TPSA) is 45.6 Å². The fourth-order valence-corrected chi connectivity index (χ4v) is 2.76. The quantitative estimate of drug-likeness (QED) is 0.716. The van der Waals surface area contributed by atoms with Crippen LogP contribution in [0.5, 0.6) is 0 Å². The zero-order valence-corrected chi connectivity index (χ0v) is 13.5. The zero-order valence-electron chi connectivity index (χ0n) is 13.5. The molecule has 0 radical (unpaired) electrons. The van der Waals surface area contributed by atoms with Crippen molar-refractivity contribution in [2.24, 2.45) is 5.73 Å². The van der Waals surface area contributed by atoms with Gasteiger partial charge in [0.05, 0.1) is 12.3 Å². The lowest BCUT2D eigenvalue weighted by molar-refractivity contribution is 0.152. The number of nitrogens with two attached hydrogens (primary N) is 1. The second-order valence-corrected chi connectivity index (χ2v) is 5.33. The first kappa shape index (κ1) is 17.2. The van der Waals surface area contributed by atoms with E-state index in [-0.39, 0.29) is 12.1 Å². The van der Waals surface area contributed by atoms with Crippen molar-refractivity contribution >= 4 is 0 Å². The van der Waals surface area contributed by atoms with Gasteiger partial charge in [-0.15, -0.1) is 0 Å². The monoisotopic (exact) mass is 281 g/mol. The van der Waals surface area contributed by atoms with E-state index in [0.29, 0.717) is 0 Å². The molecule has 20 heavy (non-hydrogen) atoms. The van der Waals surface area contributed by atoms with E-state index in [1.54, 1.807) is 6.26 Å². The van der Waals surface area contributed by atoms with Crippen molar-refractivity contribution in [3.05, 3.63) is 24.2 Å². The highest BCUT2D eigenvalue weighted by Gasteiger charge is 2.25. The summed E-state index contributed by atoms with van der Waals surface area (Å²) in [6.45, 7) is 14.1. The molecule has 1 aromatic rings. The molecule has 1 aromatic heterocycles. The van der Waals surface area contributed by atoms with Gasteiger partial charge < -0.3 is 15.1 Å². The minimum absolute atomic E-state index is 0.0644. The fraction of sp³-hybridized carbons (Fsp3) is 0.750. The number of likely N-dealkylation sites (N-methyl/N-ethyl adjacent to an activating group) is 1. The van der Waals surface area contributed by atoms with E-state index in [0.717, 1.165) is 38.5 Å². The number of furan rings is 1. The van der Waals surface area contributed by atoms with Gasteiger partial charge in [-0.05, 0) is 51.7 Å². The van der Waals surface area contributed by atoms with Gasteiger partial charge in [0.2, 0.25) is 0 Å². The summed E-state index contributed by atoms with van der Waals surface area (Å²) in [7, 11) is 0. The molecule has 0 bridgehead atoms. The van der Waals surface area contributed by atoms with Crippen LogP contribution in [0.15, 0.2) is 22.8 Å². The Bertz CT molecular complexity index is 334. The summed E-state index contributed by atoms with van der Waals surface area (Å²) in [4.78, 5) is 4.88. The lowest BCUT2D eigenvalue weighted by Gasteiger charge is -2.32. The first-order chi connectivity index (χ1) is 9.63. The van der Waals surface area contributed by atoms with Crippen LogP contribution in [0.4, 0.5) is 0 Å². The molecule has 0 aliphatic carbocycles. The highest BCUT2D eigenvalue weighted by atomic mass is 16.3. The third kappa shape index (κ3) is 4.93. The van der Waals surface area contributed by atoms with Gasteiger partial charge in [0.25, 0.3) is 0 Å². The number of hydrogen-bond donors (Lipinski definition) is 1. The maximum absolute atomic E-state index is 6.18. The smallest absolute Gasteiger partial charge is 0.122 e. The van der Waals surface area contributed by atoms with E-state index in [1.165, 1.54) is 6.42 Å². The molecule has 2 N–H and O–H groups in total. The maximum Gasteiger partial charge on any atom is 0.122 e. The van der Waals surface area contributed by atoms with Crippen LogP contribution in [0.2, 0.25) is 0 Å². The molecule has 1 heterocycles. The Hall–Kier alpha value is -0.840. The molecule has 4 nitrogen and oxygen atoms in total. The standard InChI is InChI=1S/C16H31N3O/c1-5-18(6-2)11-9-12-19(7-3)16(14(4)17)15-10-8-13-20-15/h8,10,13-14,16H,5-7,9,11-12,17H2,1-4H3. The predicted octanol–water partition coefficient (Wildman–Crippen LogP) is 2.72. The molecule has 116 valence electrons. The molecule has 0 saturated carbocycles. The second kappa shape index (κ2) is 9.16. The third-order valence-corrected chi connectivity index (χ3v) is 3.95. The van der Waals surface area contributed by atoms with Crippen LogP contribution in [-0.2, 0) is 0 Å². The lowest BCUT2D eigenvalue weighted by Crippen LogP contribution is -2.40. The Morgan fingerprint density at radius 3 is 2.30 bits per heavy atom. The molecule has 0 spiro atoms. The molecule has 0 aliphatic heterocycles. The summed E-state index contributed by atoms with van der Waals surface area (Å²) in [5, 5.41) is 0. The van der Waals surface area contributed by atoms with Gasteiger partial charge in [0.15, 0.2) is 0 Å². The fourth-order valence-electron chi connectivity index (χ4n) is 2.76. The van der Waals surface area contributed by atoms with E-state index in [2.05, 4.69) is 37.5 Å². The van der Waals surface area contributed by atoms with Crippen molar-refractivity contribution in [2.45, 2.75) is 46.2 Å². The normalized spacial score (nSPS) is 14.9. The van der Waals surface area contributed by atoms with E-state index in [1.807, 2.05) is 12.1 Å². The van der Waals surface area contributed by atoms with Crippen LogP contribution in [0, 0.1) is 0 Å². The van der Waals surface area contributed by atoms with Gasteiger partial charge in [-0.2, -0.15) is 0 Å². The summed E-state index contributed by atoms with van der Waals surface area (Å²) < 4.78 is 5.58. The SMILES string of the molecule is CCN(CC)CCCN(CC)C(c1ccco1)C(C)N. The highest BCUT2D eigenvalue weighted by Crippen LogP contribution is 2.24. The minimum atomic E-state index is 0.0644. The van der Waals surface area contributed by atoms with Gasteiger partial charge in [0, 0.05) is 12.6 Å². The summed E-state index contributed by atoms with van der Waals surface area (Å²) in [6, 6.07) is 4.21. The molecule has 4 heteroatoms. The molecule has 2 unspecified atom stereocenters. The molecule has 1 rings (SSSR count). The van der Waals surface area contributed by atoms with Crippen LogP contribution in [-0.4, -0.2) is 48.6 Å². The Morgan fingerprint density at radius 2 is 1.85 bits per heavy atom. The van der Waals surface area contributed by atoms with Gasteiger partial charge >= 0.3 is 0 Å². The first-order valence-corrected chi connectivity index (χ1v) is 7.89. The van der Waals surface area contributed by atoms with Crippen molar-refractivity contribution in [3.63, 3.8) is 0 Å². The average molecular weight is 281 g/mol. The number of nitrogens with zero attached hydrogens (tertiary/aromatic N) is 2. The van der Waals surface area contributed by atoms with Crippen LogP contribution in [0.25, 0.3) is 0 Å². The van der Waals surface area contributed by atoms with Crippen LogP contribution in [0.3, 0.4) is 0 Å². The molecule has 0 aromatic carbocycles. The van der Waals surface area contributed by atoms with E-state index in [4.69, 9.17) is 10.2 Å². The van der Waals surface area contributed by atoms with Gasteiger partial charge in [-0.3, -0.25) is 4.90 Å². The number of rotatable bonds is 10. The summed E-state index contributed by atoms with van der Waals surface area (Å²) in [6.07, 6.45) is 2.90. The molecule has 0 fully saturated rings. The molecule has 0 saturated heterocycles.